The lowest BCUT2D eigenvalue weighted by atomic mass is 9.79. The molecular formula is C11H13BFNO3. The predicted molar refractivity (Wildman–Crippen MR) is 62.0 cm³/mol. The van der Waals surface area contributed by atoms with E-state index in [0.717, 1.165) is 12.5 Å². The minimum atomic E-state index is -1.84. The molecule has 0 aliphatic carbocycles. The number of halogens is 1. The van der Waals surface area contributed by atoms with Gasteiger partial charge in [-0.05, 0) is 18.1 Å². The number of carbonyl (C=O) groups excluding carboxylic acids is 1. The van der Waals surface area contributed by atoms with E-state index in [1.165, 1.54) is 18.2 Å². The largest absolute Gasteiger partial charge is 0.491 e. The van der Waals surface area contributed by atoms with Crippen molar-refractivity contribution in [1.29, 1.82) is 0 Å². The van der Waals surface area contributed by atoms with Gasteiger partial charge in [-0.25, -0.2) is 9.18 Å². The van der Waals surface area contributed by atoms with Crippen molar-refractivity contribution < 1.29 is 19.2 Å². The molecule has 0 fully saturated rings. The first-order valence-electron chi connectivity index (χ1n) is 5.32. The van der Waals surface area contributed by atoms with Gasteiger partial charge in [0.1, 0.15) is 5.82 Å². The summed E-state index contributed by atoms with van der Waals surface area (Å²) in [6.07, 6.45) is 2.86. The molecular weight excluding hydrogens is 224 g/mol. The van der Waals surface area contributed by atoms with E-state index in [4.69, 9.17) is 10.0 Å². The van der Waals surface area contributed by atoms with E-state index in [1.807, 2.05) is 6.92 Å². The first-order valence-corrected chi connectivity index (χ1v) is 5.32. The molecule has 0 aliphatic rings. The van der Waals surface area contributed by atoms with Crippen LogP contribution in [-0.4, -0.2) is 23.2 Å². The van der Waals surface area contributed by atoms with Crippen molar-refractivity contribution in [2.75, 3.05) is 0 Å². The number of rotatable bonds is 5. The Morgan fingerprint density at radius 2 is 2.24 bits per heavy atom. The van der Waals surface area contributed by atoms with Crippen molar-refractivity contribution in [2.24, 2.45) is 4.99 Å². The Bertz CT molecular complexity index is 433. The fourth-order valence-electron chi connectivity index (χ4n) is 1.60. The van der Waals surface area contributed by atoms with Gasteiger partial charge in [0, 0.05) is 5.46 Å². The van der Waals surface area contributed by atoms with E-state index >= 15 is 0 Å². The summed E-state index contributed by atoms with van der Waals surface area (Å²) < 4.78 is 13.5. The molecule has 0 amide bonds. The maximum absolute atomic E-state index is 13.5. The van der Waals surface area contributed by atoms with Crippen LogP contribution in [0.1, 0.15) is 31.4 Å². The van der Waals surface area contributed by atoms with Crippen LogP contribution in [0.5, 0.6) is 0 Å². The minimum absolute atomic E-state index is 0.195. The van der Waals surface area contributed by atoms with Crippen LogP contribution in [0.25, 0.3) is 0 Å². The Morgan fingerprint density at radius 3 is 2.71 bits per heavy atom. The molecule has 6 heteroatoms. The molecule has 1 atom stereocenters. The van der Waals surface area contributed by atoms with Crippen LogP contribution in [0, 0.1) is 5.82 Å². The smallest absolute Gasteiger partial charge is 0.423 e. The molecule has 0 bridgehead atoms. The average molecular weight is 237 g/mol. The molecule has 2 N–H and O–H groups in total. The number of hydrogen-bond donors (Lipinski definition) is 2. The van der Waals surface area contributed by atoms with E-state index in [-0.39, 0.29) is 5.46 Å². The highest BCUT2D eigenvalue weighted by Gasteiger charge is 2.18. The molecule has 0 aromatic heterocycles. The molecule has 0 spiro atoms. The topological polar surface area (TPSA) is 69.9 Å². The zero-order chi connectivity index (χ0) is 12.8. The normalized spacial score (nSPS) is 11.8. The van der Waals surface area contributed by atoms with Crippen LogP contribution < -0.4 is 5.46 Å². The molecule has 17 heavy (non-hydrogen) atoms. The van der Waals surface area contributed by atoms with Crippen molar-refractivity contribution in [3.8, 4) is 0 Å². The Hall–Kier alpha value is -1.49. The summed E-state index contributed by atoms with van der Waals surface area (Å²) in [7, 11) is -1.84. The third-order valence-electron chi connectivity index (χ3n) is 2.46. The summed E-state index contributed by atoms with van der Waals surface area (Å²) in [5.74, 6) is -0.722. The first kappa shape index (κ1) is 13.6. The van der Waals surface area contributed by atoms with Crippen molar-refractivity contribution in [2.45, 2.75) is 25.8 Å². The second-order valence-electron chi connectivity index (χ2n) is 3.68. The fraction of sp³-hybridized carbons (Fsp3) is 0.364. The summed E-state index contributed by atoms with van der Waals surface area (Å²) in [6.45, 7) is 1.93. The summed E-state index contributed by atoms with van der Waals surface area (Å²) in [6, 6.07) is 3.53. The predicted octanol–water partition coefficient (Wildman–Crippen LogP) is 0.682. The van der Waals surface area contributed by atoms with E-state index < -0.39 is 19.0 Å². The van der Waals surface area contributed by atoms with Gasteiger partial charge in [0.25, 0.3) is 0 Å². The van der Waals surface area contributed by atoms with Crippen molar-refractivity contribution in [1.82, 2.24) is 0 Å². The van der Waals surface area contributed by atoms with Gasteiger partial charge in [-0.1, -0.05) is 25.5 Å². The minimum Gasteiger partial charge on any atom is -0.423 e. The lowest BCUT2D eigenvalue weighted by Gasteiger charge is -2.11. The summed E-state index contributed by atoms with van der Waals surface area (Å²) >= 11 is 0. The number of nitrogens with zero attached hydrogens (tertiary/aromatic N) is 1. The van der Waals surface area contributed by atoms with Gasteiger partial charge in [-0.2, -0.15) is 4.99 Å². The van der Waals surface area contributed by atoms with Gasteiger partial charge >= 0.3 is 7.12 Å². The highest BCUT2D eigenvalue weighted by Crippen LogP contribution is 2.22. The number of isocyanates is 1. The van der Waals surface area contributed by atoms with Gasteiger partial charge < -0.3 is 10.0 Å². The number of benzene rings is 1. The Labute approximate surface area is 99.0 Å². The second-order valence-corrected chi connectivity index (χ2v) is 3.68. The van der Waals surface area contributed by atoms with Gasteiger partial charge in [0.2, 0.25) is 6.08 Å². The molecule has 4 nitrogen and oxygen atoms in total. The molecule has 0 saturated heterocycles. The van der Waals surface area contributed by atoms with E-state index in [9.17, 15) is 9.18 Å². The highest BCUT2D eigenvalue weighted by molar-refractivity contribution is 6.58. The van der Waals surface area contributed by atoms with Crippen LogP contribution in [0.2, 0.25) is 0 Å². The van der Waals surface area contributed by atoms with E-state index in [2.05, 4.69) is 4.99 Å². The second kappa shape index (κ2) is 6.30. The summed E-state index contributed by atoms with van der Waals surface area (Å²) in [5, 5.41) is 17.7. The number of aliphatic imine (C=N–C) groups is 1. The van der Waals surface area contributed by atoms with Crippen molar-refractivity contribution >= 4 is 18.7 Å². The monoisotopic (exact) mass is 237 g/mol. The average Bonchev–Trinajstić information content (AvgIpc) is 2.28. The summed E-state index contributed by atoms with van der Waals surface area (Å²) in [4.78, 5) is 13.9. The van der Waals surface area contributed by atoms with Gasteiger partial charge in [0.05, 0.1) is 6.04 Å². The van der Waals surface area contributed by atoms with Crippen molar-refractivity contribution in [3.05, 3.63) is 29.6 Å². The maximum atomic E-state index is 13.5. The van der Waals surface area contributed by atoms with Gasteiger partial charge in [0.15, 0.2) is 0 Å². The Kier molecular flexibility index (Phi) is 5.03. The van der Waals surface area contributed by atoms with Gasteiger partial charge in [-0.15, -0.1) is 0 Å². The molecule has 1 unspecified atom stereocenters. The van der Waals surface area contributed by atoms with E-state index in [1.54, 1.807) is 0 Å². The van der Waals surface area contributed by atoms with Crippen LogP contribution in [-0.2, 0) is 4.79 Å². The molecule has 0 radical (unpaired) electrons. The SMILES string of the molecule is CCCC(N=C=O)c1ccc(B(O)O)c(F)c1. The third-order valence-corrected chi connectivity index (χ3v) is 2.46. The third kappa shape index (κ3) is 3.49. The van der Waals surface area contributed by atoms with Crippen molar-refractivity contribution in [3.63, 3.8) is 0 Å². The highest BCUT2D eigenvalue weighted by atomic mass is 19.1. The lowest BCUT2D eigenvalue weighted by molar-refractivity contribution is 0.423. The van der Waals surface area contributed by atoms with Crippen LogP contribution >= 0.6 is 0 Å². The molecule has 1 aromatic rings. The molecule has 0 heterocycles. The van der Waals surface area contributed by atoms with Crippen LogP contribution in [0.15, 0.2) is 23.2 Å². The zero-order valence-corrected chi connectivity index (χ0v) is 9.43. The lowest BCUT2D eigenvalue weighted by Crippen LogP contribution is -2.32. The zero-order valence-electron chi connectivity index (χ0n) is 9.43. The molecule has 0 saturated carbocycles. The number of hydrogen-bond acceptors (Lipinski definition) is 4. The van der Waals surface area contributed by atoms with E-state index in [0.29, 0.717) is 12.0 Å². The summed E-state index contributed by atoms with van der Waals surface area (Å²) in [5.41, 5.74) is 0.330. The molecule has 0 aliphatic heterocycles. The quantitative estimate of drug-likeness (QED) is 0.449. The standard InChI is InChI=1S/C11H13BFNO3/c1-2-3-11(14-7-15)8-4-5-9(12(16)17)10(13)6-8/h4-6,11,16-17H,2-3H2,1H3. The van der Waals surface area contributed by atoms with Crippen LogP contribution in [0.4, 0.5) is 4.39 Å². The molecule has 90 valence electrons. The first-order chi connectivity index (χ1) is 8.10. The van der Waals surface area contributed by atoms with Crippen LogP contribution in [0.3, 0.4) is 0 Å². The Morgan fingerprint density at radius 1 is 1.53 bits per heavy atom. The Balaban J connectivity index is 3.05. The fourth-order valence-corrected chi connectivity index (χ4v) is 1.60. The van der Waals surface area contributed by atoms with Gasteiger partial charge in [-0.3, -0.25) is 0 Å². The molecule has 1 rings (SSSR count). The molecule has 1 aromatic carbocycles. The maximum Gasteiger partial charge on any atom is 0.491 e.